The Morgan fingerprint density at radius 3 is 2.38 bits per heavy atom. The summed E-state index contributed by atoms with van der Waals surface area (Å²) in [7, 11) is 3.08. The lowest BCUT2D eigenvalue weighted by Gasteiger charge is -2.11. The summed E-state index contributed by atoms with van der Waals surface area (Å²) in [6.07, 6.45) is 0.135. The molecule has 1 amide bonds. The summed E-state index contributed by atoms with van der Waals surface area (Å²) >= 11 is 6.15. The van der Waals surface area contributed by atoms with Crippen molar-refractivity contribution in [1.82, 2.24) is 0 Å². The van der Waals surface area contributed by atoms with E-state index < -0.39 is 5.97 Å². The van der Waals surface area contributed by atoms with Crippen molar-refractivity contribution < 1.29 is 23.8 Å². The van der Waals surface area contributed by atoms with Gasteiger partial charge in [-0.05, 0) is 42.8 Å². The summed E-state index contributed by atoms with van der Waals surface area (Å²) < 4.78 is 15.3. The Morgan fingerprint density at radius 1 is 1.04 bits per heavy atom. The minimum Gasteiger partial charge on any atom is -0.493 e. The maximum Gasteiger partial charge on any atom is 0.338 e. The van der Waals surface area contributed by atoms with Gasteiger partial charge in [0.1, 0.15) is 0 Å². The number of ether oxygens (including phenoxy) is 3. The molecule has 1 N–H and O–H groups in total. The molecule has 0 spiro atoms. The lowest BCUT2D eigenvalue weighted by molar-refractivity contribution is -0.115. The molecule has 0 aliphatic rings. The molecule has 7 heteroatoms. The molecule has 2 aromatic rings. The monoisotopic (exact) mass is 377 g/mol. The van der Waals surface area contributed by atoms with E-state index in [1.165, 1.54) is 13.2 Å². The second kappa shape index (κ2) is 9.10. The second-order valence-corrected chi connectivity index (χ2v) is 5.74. The van der Waals surface area contributed by atoms with Crippen LogP contribution in [0.3, 0.4) is 0 Å². The summed E-state index contributed by atoms with van der Waals surface area (Å²) in [6.45, 7) is 2.00. The van der Waals surface area contributed by atoms with Crippen molar-refractivity contribution in [3.63, 3.8) is 0 Å². The van der Waals surface area contributed by atoms with Gasteiger partial charge in [-0.3, -0.25) is 4.79 Å². The summed E-state index contributed by atoms with van der Waals surface area (Å²) in [5, 5.41) is 2.99. The van der Waals surface area contributed by atoms with Crippen LogP contribution in [0.4, 0.5) is 5.69 Å². The van der Waals surface area contributed by atoms with E-state index in [0.717, 1.165) is 5.56 Å². The van der Waals surface area contributed by atoms with E-state index in [1.54, 1.807) is 44.4 Å². The third kappa shape index (κ3) is 4.89. The van der Waals surface area contributed by atoms with Gasteiger partial charge in [0, 0.05) is 0 Å². The Bertz CT molecular complexity index is 807. The largest absolute Gasteiger partial charge is 0.493 e. The predicted molar refractivity (Wildman–Crippen MR) is 99.3 cm³/mol. The number of hydrogen-bond donors (Lipinski definition) is 1. The molecule has 6 nitrogen and oxygen atoms in total. The number of carbonyl (C=O) groups is 2. The predicted octanol–water partition coefficient (Wildman–Crippen LogP) is 3.72. The quantitative estimate of drug-likeness (QED) is 0.744. The van der Waals surface area contributed by atoms with Crippen molar-refractivity contribution >= 4 is 29.2 Å². The molecule has 0 aliphatic heterocycles. The highest BCUT2D eigenvalue weighted by Gasteiger charge is 2.13. The van der Waals surface area contributed by atoms with Crippen molar-refractivity contribution in [2.45, 2.75) is 13.3 Å². The summed E-state index contributed by atoms with van der Waals surface area (Å²) in [4.78, 5) is 24.0. The van der Waals surface area contributed by atoms with Crippen LogP contribution in [0.15, 0.2) is 36.4 Å². The van der Waals surface area contributed by atoms with E-state index in [9.17, 15) is 9.59 Å². The van der Waals surface area contributed by atoms with E-state index in [1.807, 2.05) is 0 Å². The van der Waals surface area contributed by atoms with E-state index in [-0.39, 0.29) is 24.0 Å². The topological polar surface area (TPSA) is 73.9 Å². The molecule has 0 aliphatic carbocycles. The molecule has 0 fully saturated rings. The zero-order valence-electron chi connectivity index (χ0n) is 14.8. The molecule has 0 aromatic heterocycles. The van der Waals surface area contributed by atoms with Crippen LogP contribution >= 0.6 is 11.6 Å². The number of methoxy groups -OCH3 is 2. The first-order chi connectivity index (χ1) is 12.5. The maximum absolute atomic E-state index is 12.3. The average molecular weight is 378 g/mol. The van der Waals surface area contributed by atoms with Gasteiger partial charge in [0.15, 0.2) is 11.5 Å². The maximum atomic E-state index is 12.3. The van der Waals surface area contributed by atoms with Gasteiger partial charge in [-0.15, -0.1) is 0 Å². The van der Waals surface area contributed by atoms with Crippen molar-refractivity contribution in [1.29, 1.82) is 0 Å². The van der Waals surface area contributed by atoms with E-state index in [4.69, 9.17) is 25.8 Å². The van der Waals surface area contributed by atoms with Crippen LogP contribution in [0, 0.1) is 0 Å². The van der Waals surface area contributed by atoms with Crippen LogP contribution in [0.25, 0.3) is 0 Å². The number of rotatable bonds is 7. The highest BCUT2D eigenvalue weighted by molar-refractivity contribution is 6.34. The average Bonchev–Trinajstić information content (AvgIpc) is 2.63. The van der Waals surface area contributed by atoms with Crippen molar-refractivity contribution in [3.05, 3.63) is 52.5 Å². The highest BCUT2D eigenvalue weighted by Crippen LogP contribution is 2.28. The number of nitrogens with one attached hydrogen (secondary N) is 1. The molecule has 26 heavy (non-hydrogen) atoms. The highest BCUT2D eigenvalue weighted by atomic mass is 35.5. The molecule has 0 bridgehead atoms. The fraction of sp³-hybridized carbons (Fsp3) is 0.263. The van der Waals surface area contributed by atoms with Crippen LogP contribution in [0.2, 0.25) is 5.02 Å². The van der Waals surface area contributed by atoms with Gasteiger partial charge in [0.2, 0.25) is 5.91 Å². The minimum atomic E-state index is -0.461. The second-order valence-electron chi connectivity index (χ2n) is 5.33. The first kappa shape index (κ1) is 19.6. The summed E-state index contributed by atoms with van der Waals surface area (Å²) in [5.41, 5.74) is 1.51. The molecule has 0 saturated carbocycles. The van der Waals surface area contributed by atoms with Crippen LogP contribution in [-0.2, 0) is 16.0 Å². The number of anilines is 1. The lowest BCUT2D eigenvalue weighted by Crippen LogP contribution is -2.15. The summed E-state index contributed by atoms with van der Waals surface area (Å²) in [6, 6.07) is 9.85. The lowest BCUT2D eigenvalue weighted by atomic mass is 10.1. The van der Waals surface area contributed by atoms with Gasteiger partial charge in [-0.1, -0.05) is 17.7 Å². The molecular formula is C19H20ClNO5. The first-order valence-electron chi connectivity index (χ1n) is 7.96. The Kier molecular flexibility index (Phi) is 6.86. The standard InChI is InChI=1S/C19H20ClNO5/c1-4-26-19(23)13-6-7-15(14(20)11-13)21-18(22)10-12-5-8-16(24-2)17(9-12)25-3/h5-9,11H,4,10H2,1-3H3,(H,21,22). The molecule has 2 rings (SSSR count). The number of hydrogen-bond acceptors (Lipinski definition) is 5. The zero-order valence-corrected chi connectivity index (χ0v) is 15.6. The Hall–Kier alpha value is -2.73. The fourth-order valence-corrected chi connectivity index (χ4v) is 2.56. The Balaban J connectivity index is 2.07. The van der Waals surface area contributed by atoms with Gasteiger partial charge in [-0.25, -0.2) is 4.79 Å². The van der Waals surface area contributed by atoms with Crippen LogP contribution in [-0.4, -0.2) is 32.7 Å². The smallest absolute Gasteiger partial charge is 0.338 e. The number of halogens is 1. The third-order valence-electron chi connectivity index (χ3n) is 3.57. The molecule has 0 radical (unpaired) electrons. The van der Waals surface area contributed by atoms with Crippen LogP contribution < -0.4 is 14.8 Å². The van der Waals surface area contributed by atoms with Gasteiger partial charge >= 0.3 is 5.97 Å². The van der Waals surface area contributed by atoms with Crippen LogP contribution in [0.5, 0.6) is 11.5 Å². The molecular weight excluding hydrogens is 358 g/mol. The number of amides is 1. The number of carbonyl (C=O) groups excluding carboxylic acids is 2. The van der Waals surface area contributed by atoms with Gasteiger partial charge < -0.3 is 19.5 Å². The zero-order chi connectivity index (χ0) is 19.1. The normalized spacial score (nSPS) is 10.2. The number of esters is 1. The van der Waals surface area contributed by atoms with E-state index in [0.29, 0.717) is 22.7 Å². The molecule has 2 aromatic carbocycles. The fourth-order valence-electron chi connectivity index (χ4n) is 2.33. The Morgan fingerprint density at radius 2 is 1.77 bits per heavy atom. The minimum absolute atomic E-state index is 0.135. The SMILES string of the molecule is CCOC(=O)c1ccc(NC(=O)Cc2ccc(OC)c(OC)c2)c(Cl)c1. The Labute approximate surface area is 157 Å². The van der Waals surface area contributed by atoms with E-state index >= 15 is 0 Å². The summed E-state index contributed by atoms with van der Waals surface area (Å²) in [5.74, 6) is 0.435. The van der Waals surface area contributed by atoms with Gasteiger partial charge in [0.25, 0.3) is 0 Å². The van der Waals surface area contributed by atoms with Gasteiger partial charge in [0.05, 0.1) is 43.5 Å². The van der Waals surface area contributed by atoms with Crippen molar-refractivity contribution in [2.75, 3.05) is 26.1 Å². The van der Waals surface area contributed by atoms with E-state index in [2.05, 4.69) is 5.32 Å². The number of benzene rings is 2. The van der Waals surface area contributed by atoms with Crippen LogP contribution in [0.1, 0.15) is 22.8 Å². The molecule has 0 saturated heterocycles. The first-order valence-corrected chi connectivity index (χ1v) is 8.33. The third-order valence-corrected chi connectivity index (χ3v) is 3.88. The molecule has 0 unspecified atom stereocenters. The van der Waals surface area contributed by atoms with Crippen molar-refractivity contribution in [3.8, 4) is 11.5 Å². The molecule has 0 atom stereocenters. The molecule has 0 heterocycles. The van der Waals surface area contributed by atoms with Crippen molar-refractivity contribution in [2.24, 2.45) is 0 Å². The van der Waals surface area contributed by atoms with Gasteiger partial charge in [-0.2, -0.15) is 0 Å². The molecule has 138 valence electrons.